The van der Waals surface area contributed by atoms with Crippen molar-refractivity contribution in [3.8, 4) is 10.9 Å². The zero-order chi connectivity index (χ0) is 11.7. The molecule has 1 heterocycles. The van der Waals surface area contributed by atoms with Gasteiger partial charge >= 0.3 is 0 Å². The van der Waals surface area contributed by atoms with Gasteiger partial charge in [-0.2, -0.15) is 0 Å². The molecule has 0 bridgehead atoms. The Morgan fingerprint density at radius 2 is 1.75 bits per heavy atom. The van der Waals surface area contributed by atoms with Crippen LogP contribution in [0.1, 0.15) is 11.1 Å². The molecule has 0 N–H and O–H groups in total. The normalized spacial score (nSPS) is 10.5. The highest BCUT2D eigenvalue weighted by Gasteiger charge is 2.07. The summed E-state index contributed by atoms with van der Waals surface area (Å²) < 4.78 is 7.44. The van der Waals surface area contributed by atoms with Crippen molar-refractivity contribution in [2.24, 2.45) is 0 Å². The average molecular weight is 364 g/mol. The van der Waals surface area contributed by atoms with Gasteiger partial charge in [0.05, 0.1) is 0 Å². The molecule has 2 rings (SSSR count). The second-order valence-electron chi connectivity index (χ2n) is 3.29. The van der Waals surface area contributed by atoms with Gasteiger partial charge in [0, 0.05) is 4.47 Å². The first-order valence-electron chi connectivity index (χ1n) is 4.50. The molecule has 0 aliphatic heterocycles. The third kappa shape index (κ3) is 2.61. The monoisotopic (exact) mass is 362 g/mol. The number of hydrogen-bond donors (Lipinski definition) is 0. The molecule has 0 atom stereocenters. The lowest BCUT2D eigenvalue weighted by Gasteiger charge is -2.06. The van der Waals surface area contributed by atoms with Crippen LogP contribution in [-0.2, 0) is 0 Å². The van der Waals surface area contributed by atoms with Gasteiger partial charge in [0.2, 0.25) is 0 Å². The summed E-state index contributed by atoms with van der Waals surface area (Å²) >= 11 is 8.12. The number of halogens is 2. The van der Waals surface area contributed by atoms with Gasteiger partial charge in [-0.15, -0.1) is 5.10 Å². The lowest BCUT2D eigenvalue weighted by molar-refractivity contribution is 0.472. The molecule has 1 aromatic heterocycles. The van der Waals surface area contributed by atoms with E-state index in [0.717, 1.165) is 21.3 Å². The van der Waals surface area contributed by atoms with Gasteiger partial charge in [0.15, 0.2) is 3.92 Å². The topological polar surface area (TPSA) is 35.0 Å². The summed E-state index contributed by atoms with van der Waals surface area (Å²) in [6.07, 6.45) is 0. The lowest BCUT2D eigenvalue weighted by atomic mass is 10.1. The largest absolute Gasteiger partial charge is 0.430 e. The van der Waals surface area contributed by atoms with E-state index >= 15 is 0 Å². The predicted octanol–water partition coefficient (Wildman–Crippen LogP) is 4.47. The van der Waals surface area contributed by atoms with Crippen molar-refractivity contribution in [3.05, 3.63) is 31.6 Å². The molecule has 0 saturated heterocycles. The number of ether oxygens (including phenoxy) is 1. The first kappa shape index (κ1) is 12.0. The van der Waals surface area contributed by atoms with Crippen LogP contribution < -0.4 is 4.74 Å². The Labute approximate surface area is 114 Å². The molecule has 0 amide bonds. The van der Waals surface area contributed by atoms with E-state index in [-0.39, 0.29) is 0 Å². The Bertz CT molecular complexity index is 504. The quantitative estimate of drug-likeness (QED) is 0.789. The Morgan fingerprint density at radius 3 is 2.25 bits per heavy atom. The van der Waals surface area contributed by atoms with Crippen molar-refractivity contribution < 1.29 is 4.74 Å². The number of benzene rings is 1. The van der Waals surface area contributed by atoms with Crippen molar-refractivity contribution in [1.29, 1.82) is 0 Å². The fourth-order valence-electron chi connectivity index (χ4n) is 1.30. The van der Waals surface area contributed by atoms with Crippen LogP contribution in [0.3, 0.4) is 0 Å². The molecule has 84 valence electrons. The zero-order valence-electron chi connectivity index (χ0n) is 8.62. The van der Waals surface area contributed by atoms with Crippen LogP contribution in [0.25, 0.3) is 0 Å². The molecule has 16 heavy (non-hydrogen) atoms. The van der Waals surface area contributed by atoms with Gasteiger partial charge in [0.25, 0.3) is 5.19 Å². The van der Waals surface area contributed by atoms with E-state index in [2.05, 4.69) is 42.1 Å². The van der Waals surface area contributed by atoms with E-state index in [1.54, 1.807) is 0 Å². The van der Waals surface area contributed by atoms with Crippen molar-refractivity contribution >= 4 is 43.2 Å². The van der Waals surface area contributed by atoms with E-state index in [1.807, 2.05) is 26.0 Å². The minimum Gasteiger partial charge on any atom is -0.430 e. The zero-order valence-corrected chi connectivity index (χ0v) is 12.6. The molecule has 3 nitrogen and oxygen atoms in total. The third-order valence-electron chi connectivity index (χ3n) is 2.00. The summed E-state index contributed by atoms with van der Waals surface area (Å²) in [5.74, 6) is 0.779. The summed E-state index contributed by atoms with van der Waals surface area (Å²) in [6.45, 7) is 4.06. The fraction of sp³-hybridized carbons (Fsp3) is 0.200. The summed E-state index contributed by atoms with van der Waals surface area (Å²) in [5, 5.41) is 8.24. The molecule has 0 fully saturated rings. The van der Waals surface area contributed by atoms with Crippen LogP contribution in [0.5, 0.6) is 10.9 Å². The molecular formula is C10H8Br2N2OS. The van der Waals surface area contributed by atoms with Gasteiger partial charge in [-0.25, -0.2) is 0 Å². The number of aromatic nitrogens is 2. The van der Waals surface area contributed by atoms with Gasteiger partial charge in [-0.1, -0.05) is 21.0 Å². The molecule has 0 saturated carbocycles. The Hall–Kier alpha value is -0.460. The first-order valence-corrected chi connectivity index (χ1v) is 6.90. The number of nitrogens with zero attached hydrogens (tertiary/aromatic N) is 2. The third-order valence-corrected chi connectivity index (χ3v) is 4.48. The van der Waals surface area contributed by atoms with Gasteiger partial charge in [0.1, 0.15) is 5.75 Å². The second kappa shape index (κ2) is 4.81. The van der Waals surface area contributed by atoms with Gasteiger partial charge in [-0.05, 0) is 64.4 Å². The maximum Gasteiger partial charge on any atom is 0.300 e. The highest BCUT2D eigenvalue weighted by molar-refractivity contribution is 9.11. The van der Waals surface area contributed by atoms with Gasteiger partial charge in [-0.3, -0.25) is 0 Å². The Kier molecular flexibility index (Phi) is 3.61. The lowest BCUT2D eigenvalue weighted by Crippen LogP contribution is -1.88. The molecule has 2 aromatic rings. The first-order chi connectivity index (χ1) is 7.56. The second-order valence-corrected chi connectivity index (χ2v) is 6.30. The number of aryl methyl sites for hydroxylation is 2. The van der Waals surface area contributed by atoms with Crippen LogP contribution in [0, 0.1) is 13.8 Å². The maximum absolute atomic E-state index is 5.61. The van der Waals surface area contributed by atoms with Gasteiger partial charge < -0.3 is 4.74 Å². The number of hydrogen-bond acceptors (Lipinski definition) is 4. The maximum atomic E-state index is 5.61. The molecule has 0 spiro atoms. The molecule has 0 aliphatic rings. The summed E-state index contributed by atoms with van der Waals surface area (Å²) in [7, 11) is 0. The van der Waals surface area contributed by atoms with Crippen LogP contribution in [0.4, 0.5) is 0 Å². The van der Waals surface area contributed by atoms with E-state index in [0.29, 0.717) is 9.11 Å². The fourth-order valence-corrected chi connectivity index (χ4v) is 2.47. The Balaban J connectivity index is 2.28. The highest BCUT2D eigenvalue weighted by Crippen LogP contribution is 2.31. The van der Waals surface area contributed by atoms with Crippen molar-refractivity contribution in [2.75, 3.05) is 0 Å². The minimum absolute atomic E-state index is 0.535. The predicted molar refractivity (Wildman–Crippen MR) is 71.3 cm³/mol. The Morgan fingerprint density at radius 1 is 1.12 bits per heavy atom. The molecule has 6 heteroatoms. The van der Waals surface area contributed by atoms with Crippen molar-refractivity contribution in [3.63, 3.8) is 0 Å². The van der Waals surface area contributed by atoms with E-state index in [9.17, 15) is 0 Å². The molecular weight excluding hydrogens is 356 g/mol. The standard InChI is InChI=1S/C10H8Br2N2OS/c1-5-3-7(4-6(2)8(5)11)15-10-14-13-9(12)16-10/h3-4H,1-2H3. The molecule has 0 aliphatic carbocycles. The molecule has 1 aromatic carbocycles. The van der Waals surface area contributed by atoms with Crippen LogP contribution in [-0.4, -0.2) is 10.2 Å². The van der Waals surface area contributed by atoms with Crippen LogP contribution in [0.15, 0.2) is 20.5 Å². The van der Waals surface area contributed by atoms with Crippen molar-refractivity contribution in [1.82, 2.24) is 10.2 Å². The molecule has 0 radical (unpaired) electrons. The van der Waals surface area contributed by atoms with Crippen LogP contribution in [0.2, 0.25) is 0 Å². The molecule has 0 unspecified atom stereocenters. The van der Waals surface area contributed by atoms with E-state index in [4.69, 9.17) is 4.74 Å². The number of rotatable bonds is 2. The summed E-state index contributed by atoms with van der Waals surface area (Å²) in [4.78, 5) is 0. The van der Waals surface area contributed by atoms with Crippen molar-refractivity contribution in [2.45, 2.75) is 13.8 Å². The van der Waals surface area contributed by atoms with Crippen LogP contribution >= 0.6 is 43.2 Å². The summed E-state index contributed by atoms with van der Waals surface area (Å²) in [6, 6.07) is 3.93. The highest BCUT2D eigenvalue weighted by atomic mass is 79.9. The smallest absolute Gasteiger partial charge is 0.300 e. The SMILES string of the molecule is Cc1cc(Oc2nnc(Br)s2)cc(C)c1Br. The average Bonchev–Trinajstić information content (AvgIpc) is 2.60. The minimum atomic E-state index is 0.535. The van der Waals surface area contributed by atoms with E-state index in [1.165, 1.54) is 11.3 Å². The van der Waals surface area contributed by atoms with E-state index < -0.39 is 0 Å². The summed E-state index contributed by atoms with van der Waals surface area (Å²) in [5.41, 5.74) is 2.28.